The van der Waals surface area contributed by atoms with Gasteiger partial charge in [-0.3, -0.25) is 9.59 Å². The third kappa shape index (κ3) is 4.24. The van der Waals surface area contributed by atoms with E-state index in [1.165, 1.54) is 80.8 Å². The van der Waals surface area contributed by atoms with Crippen molar-refractivity contribution in [1.82, 2.24) is 4.90 Å². The van der Waals surface area contributed by atoms with Crippen LogP contribution in [-0.2, 0) is 4.79 Å². The molecule has 0 saturated heterocycles. The normalized spacial score (nSPS) is 15.1. The van der Waals surface area contributed by atoms with E-state index in [4.69, 9.17) is 14.2 Å². The number of amides is 2. The van der Waals surface area contributed by atoms with Crippen LogP contribution < -0.4 is 19.5 Å². The fraction of sp³-hybridized carbons (Fsp3) is 0.200. The number of hydrogen-bond donors (Lipinski definition) is 1. The Hall–Kier alpha value is -4.14. The molecule has 0 bridgehead atoms. The van der Waals surface area contributed by atoms with Crippen molar-refractivity contribution in [3.8, 4) is 17.2 Å². The van der Waals surface area contributed by atoms with Crippen LogP contribution in [0, 0.1) is 11.6 Å². The quantitative estimate of drug-likeness (QED) is 0.608. The van der Waals surface area contributed by atoms with E-state index in [0.717, 1.165) is 0 Å². The summed E-state index contributed by atoms with van der Waals surface area (Å²) in [5.41, 5.74) is 1.39. The van der Waals surface area contributed by atoms with E-state index in [-0.39, 0.29) is 23.6 Å². The largest absolute Gasteiger partial charge is 0.493 e. The van der Waals surface area contributed by atoms with E-state index in [2.05, 4.69) is 5.32 Å². The Morgan fingerprint density at radius 3 is 2.12 bits per heavy atom. The molecule has 0 unspecified atom stereocenters. The summed E-state index contributed by atoms with van der Waals surface area (Å²) < 4.78 is 44.0. The lowest BCUT2D eigenvalue weighted by molar-refractivity contribution is -0.117. The number of methoxy groups -OCH3 is 3. The third-order valence-electron chi connectivity index (χ3n) is 5.57. The lowest BCUT2D eigenvalue weighted by atomic mass is 9.95. The van der Waals surface area contributed by atoms with E-state index in [1.807, 2.05) is 0 Å². The number of halogens is 2. The second kappa shape index (κ2) is 9.38. The van der Waals surface area contributed by atoms with Crippen molar-refractivity contribution in [1.29, 1.82) is 0 Å². The van der Waals surface area contributed by atoms with Gasteiger partial charge in [0.25, 0.3) is 5.91 Å². The first kappa shape index (κ1) is 23.0. The van der Waals surface area contributed by atoms with Gasteiger partial charge >= 0.3 is 0 Å². The molecule has 1 aliphatic heterocycles. The van der Waals surface area contributed by atoms with Crippen LogP contribution in [0.15, 0.2) is 54.6 Å². The summed E-state index contributed by atoms with van der Waals surface area (Å²) in [7, 11) is 4.29. The van der Waals surface area contributed by atoms with Crippen LogP contribution in [0.3, 0.4) is 0 Å². The van der Waals surface area contributed by atoms with Gasteiger partial charge in [0, 0.05) is 16.8 Å². The molecule has 9 heteroatoms. The highest BCUT2D eigenvalue weighted by molar-refractivity contribution is 6.02. The fourth-order valence-corrected chi connectivity index (χ4v) is 4.04. The lowest BCUT2D eigenvalue weighted by Gasteiger charge is -2.31. The molecule has 1 N–H and O–H groups in total. The molecular formula is C25H22F2N2O5. The van der Waals surface area contributed by atoms with E-state index in [1.54, 1.807) is 0 Å². The zero-order valence-electron chi connectivity index (χ0n) is 18.7. The average molecular weight is 468 g/mol. The first-order valence-corrected chi connectivity index (χ1v) is 10.3. The number of fused-ring (bicyclic) bond motifs is 1. The monoisotopic (exact) mass is 468 g/mol. The van der Waals surface area contributed by atoms with Crippen LogP contribution >= 0.6 is 0 Å². The first-order valence-electron chi connectivity index (χ1n) is 10.3. The zero-order chi connectivity index (χ0) is 24.4. The summed E-state index contributed by atoms with van der Waals surface area (Å²) in [6.07, 6.45) is 0. The second-order valence-electron chi connectivity index (χ2n) is 7.58. The Labute approximate surface area is 194 Å². The lowest BCUT2D eigenvalue weighted by Crippen LogP contribution is -2.39. The van der Waals surface area contributed by atoms with Crippen LogP contribution in [-0.4, -0.2) is 44.6 Å². The Morgan fingerprint density at radius 2 is 1.53 bits per heavy atom. The Morgan fingerprint density at radius 1 is 0.912 bits per heavy atom. The highest BCUT2D eigenvalue weighted by atomic mass is 19.1. The molecular weight excluding hydrogens is 446 g/mol. The maximum atomic E-state index is 14.3. The standard InChI is InChI=1S/C25H22F2N2O5/c1-32-20-10-15(11-21(33-2)24(20)34-3)25(31)29-13-22(30)28-19-9-8-17(27)12-18(19)23(29)14-4-6-16(26)7-5-14/h4-12,23H,13H2,1-3H3,(H,28,30)/t23-/m0/s1. The highest BCUT2D eigenvalue weighted by Gasteiger charge is 2.35. The fourth-order valence-electron chi connectivity index (χ4n) is 4.04. The number of anilines is 1. The van der Waals surface area contributed by atoms with Gasteiger partial charge in [0.05, 0.1) is 27.4 Å². The number of carbonyl (C=O) groups excluding carboxylic acids is 2. The molecule has 0 aliphatic carbocycles. The topological polar surface area (TPSA) is 77.1 Å². The predicted octanol–water partition coefficient (Wildman–Crippen LogP) is 4.17. The van der Waals surface area contributed by atoms with E-state index in [0.29, 0.717) is 22.6 Å². The van der Waals surface area contributed by atoms with Crippen molar-refractivity contribution < 1.29 is 32.6 Å². The summed E-state index contributed by atoms with van der Waals surface area (Å²) in [6.45, 7) is -0.326. The van der Waals surface area contributed by atoms with Crippen molar-refractivity contribution in [2.24, 2.45) is 0 Å². The molecule has 0 spiro atoms. The minimum Gasteiger partial charge on any atom is -0.493 e. The number of ether oxygens (including phenoxy) is 3. The summed E-state index contributed by atoms with van der Waals surface area (Å²) in [4.78, 5) is 27.8. The molecule has 0 aromatic heterocycles. The van der Waals surface area contributed by atoms with Gasteiger partial charge in [-0.1, -0.05) is 12.1 Å². The number of carbonyl (C=O) groups is 2. The van der Waals surface area contributed by atoms with Crippen molar-refractivity contribution in [2.45, 2.75) is 6.04 Å². The molecule has 3 aromatic carbocycles. The van der Waals surface area contributed by atoms with Crippen molar-refractivity contribution >= 4 is 17.5 Å². The van der Waals surface area contributed by atoms with Crippen LogP contribution in [0.2, 0.25) is 0 Å². The number of nitrogens with zero attached hydrogens (tertiary/aromatic N) is 1. The number of hydrogen-bond acceptors (Lipinski definition) is 5. The minimum absolute atomic E-state index is 0.161. The molecule has 1 atom stereocenters. The van der Waals surface area contributed by atoms with E-state index in [9.17, 15) is 18.4 Å². The van der Waals surface area contributed by atoms with Crippen LogP contribution in [0.1, 0.15) is 27.5 Å². The molecule has 0 saturated carbocycles. The summed E-state index contributed by atoms with van der Waals surface area (Å²) in [6, 6.07) is 11.5. The molecule has 3 aromatic rings. The zero-order valence-corrected chi connectivity index (χ0v) is 18.7. The molecule has 0 radical (unpaired) electrons. The summed E-state index contributed by atoms with van der Waals surface area (Å²) >= 11 is 0. The maximum absolute atomic E-state index is 14.3. The van der Waals surface area contributed by atoms with Gasteiger partial charge in [-0.2, -0.15) is 0 Å². The Balaban J connectivity index is 1.90. The van der Waals surface area contributed by atoms with Crippen molar-refractivity contribution in [2.75, 3.05) is 33.2 Å². The third-order valence-corrected chi connectivity index (χ3v) is 5.57. The molecule has 1 aliphatic rings. The summed E-state index contributed by atoms with van der Waals surface area (Å²) in [5.74, 6) is -1.18. The SMILES string of the molecule is COc1cc(C(=O)N2CC(=O)Nc3ccc(F)cc3[C@@H]2c2ccc(F)cc2)cc(OC)c1OC. The van der Waals surface area contributed by atoms with Gasteiger partial charge in [-0.05, 0) is 48.0 Å². The Bertz CT molecular complexity index is 1220. The van der Waals surface area contributed by atoms with Gasteiger partial charge in [0.1, 0.15) is 18.2 Å². The minimum atomic E-state index is -0.878. The van der Waals surface area contributed by atoms with Gasteiger partial charge in [-0.25, -0.2) is 8.78 Å². The Kier molecular flexibility index (Phi) is 6.36. The van der Waals surface area contributed by atoms with Crippen LogP contribution in [0.25, 0.3) is 0 Å². The van der Waals surface area contributed by atoms with Crippen LogP contribution in [0.5, 0.6) is 17.2 Å². The van der Waals surface area contributed by atoms with Crippen molar-refractivity contribution in [3.05, 3.63) is 82.9 Å². The van der Waals surface area contributed by atoms with Gasteiger partial charge in [-0.15, -0.1) is 0 Å². The van der Waals surface area contributed by atoms with Gasteiger partial charge in [0.2, 0.25) is 11.7 Å². The van der Waals surface area contributed by atoms with Crippen molar-refractivity contribution in [3.63, 3.8) is 0 Å². The second-order valence-corrected chi connectivity index (χ2v) is 7.58. The molecule has 7 nitrogen and oxygen atoms in total. The van der Waals surface area contributed by atoms with E-state index >= 15 is 0 Å². The molecule has 1 heterocycles. The van der Waals surface area contributed by atoms with Gasteiger partial charge in [0.15, 0.2) is 11.5 Å². The highest BCUT2D eigenvalue weighted by Crippen LogP contribution is 2.41. The maximum Gasteiger partial charge on any atom is 0.255 e. The average Bonchev–Trinajstić information content (AvgIpc) is 2.98. The summed E-state index contributed by atoms with van der Waals surface area (Å²) in [5, 5.41) is 2.72. The molecule has 4 rings (SSSR count). The van der Waals surface area contributed by atoms with Gasteiger partial charge < -0.3 is 24.4 Å². The molecule has 2 amide bonds. The first-order chi connectivity index (χ1) is 16.4. The molecule has 0 fully saturated rings. The smallest absolute Gasteiger partial charge is 0.255 e. The van der Waals surface area contributed by atoms with Crippen LogP contribution in [0.4, 0.5) is 14.5 Å². The number of rotatable bonds is 5. The predicted molar refractivity (Wildman–Crippen MR) is 120 cm³/mol. The number of benzene rings is 3. The molecule has 176 valence electrons. The molecule has 34 heavy (non-hydrogen) atoms. The number of nitrogens with one attached hydrogen (secondary N) is 1. The van der Waals surface area contributed by atoms with E-state index < -0.39 is 29.5 Å².